The highest BCUT2D eigenvalue weighted by Gasteiger charge is 2.09. The van der Waals surface area contributed by atoms with Gasteiger partial charge in [-0.3, -0.25) is 10.2 Å². The molecule has 0 aliphatic carbocycles. The molecular formula is C17H20N4O2S. The molecule has 0 atom stereocenters. The Morgan fingerprint density at radius 3 is 3.29 bits per heavy atom. The first-order chi connectivity index (χ1) is 11.7. The number of benzene rings is 1. The van der Waals surface area contributed by atoms with Crippen molar-refractivity contribution in [3.05, 3.63) is 46.0 Å². The molecule has 0 bridgehead atoms. The van der Waals surface area contributed by atoms with Crippen LogP contribution in [0.3, 0.4) is 0 Å². The van der Waals surface area contributed by atoms with Crippen LogP contribution in [0.2, 0.25) is 0 Å². The number of anilines is 1. The van der Waals surface area contributed by atoms with E-state index < -0.39 is 0 Å². The van der Waals surface area contributed by atoms with Crippen molar-refractivity contribution in [1.82, 2.24) is 10.3 Å². The molecule has 0 saturated heterocycles. The minimum atomic E-state index is -0.263. The topological polar surface area (TPSA) is 75.6 Å². The first-order valence-corrected chi connectivity index (χ1v) is 8.84. The SMILES string of the molecule is CCOC(=O)Cc1csc(NN=Cc2ccc3c(c2)CCNC3)n1. The fraction of sp³-hybridized carbons (Fsp3) is 0.353. The number of hydrazone groups is 1. The monoisotopic (exact) mass is 344 g/mol. The number of hydrogen-bond donors (Lipinski definition) is 2. The zero-order valence-electron chi connectivity index (χ0n) is 13.5. The fourth-order valence-corrected chi connectivity index (χ4v) is 3.20. The number of carbonyl (C=O) groups is 1. The summed E-state index contributed by atoms with van der Waals surface area (Å²) in [5, 5.41) is 10.1. The van der Waals surface area contributed by atoms with Gasteiger partial charge >= 0.3 is 5.97 Å². The smallest absolute Gasteiger partial charge is 0.311 e. The molecule has 1 aliphatic rings. The zero-order valence-corrected chi connectivity index (χ0v) is 14.4. The quantitative estimate of drug-likeness (QED) is 0.478. The van der Waals surface area contributed by atoms with E-state index in [2.05, 4.69) is 39.0 Å². The minimum Gasteiger partial charge on any atom is -0.466 e. The third-order valence-corrected chi connectivity index (χ3v) is 4.47. The maximum Gasteiger partial charge on any atom is 0.311 e. The Morgan fingerprint density at radius 1 is 1.50 bits per heavy atom. The van der Waals surface area contributed by atoms with Gasteiger partial charge in [-0.1, -0.05) is 12.1 Å². The van der Waals surface area contributed by atoms with E-state index in [9.17, 15) is 4.79 Å². The van der Waals surface area contributed by atoms with Crippen LogP contribution >= 0.6 is 11.3 Å². The number of fused-ring (bicyclic) bond motifs is 1. The molecule has 7 heteroatoms. The molecule has 1 aromatic heterocycles. The molecule has 0 spiro atoms. The van der Waals surface area contributed by atoms with E-state index in [1.54, 1.807) is 13.1 Å². The summed E-state index contributed by atoms with van der Waals surface area (Å²) < 4.78 is 4.91. The highest BCUT2D eigenvalue weighted by molar-refractivity contribution is 7.13. The lowest BCUT2D eigenvalue weighted by molar-refractivity contribution is -0.142. The molecule has 24 heavy (non-hydrogen) atoms. The Kier molecular flexibility index (Phi) is 5.55. The van der Waals surface area contributed by atoms with Gasteiger partial charge in [0.05, 0.1) is 24.9 Å². The van der Waals surface area contributed by atoms with Crippen molar-refractivity contribution in [3.8, 4) is 0 Å². The van der Waals surface area contributed by atoms with E-state index >= 15 is 0 Å². The van der Waals surface area contributed by atoms with Gasteiger partial charge < -0.3 is 10.1 Å². The molecule has 2 N–H and O–H groups in total. The Balaban J connectivity index is 1.56. The summed E-state index contributed by atoms with van der Waals surface area (Å²) in [6, 6.07) is 6.38. The maximum absolute atomic E-state index is 11.4. The lowest BCUT2D eigenvalue weighted by Crippen LogP contribution is -2.23. The first-order valence-electron chi connectivity index (χ1n) is 7.96. The predicted octanol–water partition coefficient (Wildman–Crippen LogP) is 2.34. The van der Waals surface area contributed by atoms with Gasteiger partial charge in [-0.25, -0.2) is 4.98 Å². The molecule has 1 aliphatic heterocycles. The van der Waals surface area contributed by atoms with Gasteiger partial charge in [0.15, 0.2) is 0 Å². The second kappa shape index (κ2) is 8.03. The van der Waals surface area contributed by atoms with E-state index in [-0.39, 0.29) is 12.4 Å². The first kappa shape index (κ1) is 16.6. The van der Waals surface area contributed by atoms with Crippen LogP contribution < -0.4 is 10.7 Å². The minimum absolute atomic E-state index is 0.189. The number of aromatic nitrogens is 1. The van der Waals surface area contributed by atoms with E-state index in [4.69, 9.17) is 4.74 Å². The van der Waals surface area contributed by atoms with E-state index in [0.717, 1.165) is 25.1 Å². The third-order valence-electron chi connectivity index (χ3n) is 3.67. The van der Waals surface area contributed by atoms with Crippen LogP contribution in [0.1, 0.15) is 29.3 Å². The summed E-state index contributed by atoms with van der Waals surface area (Å²) in [5.74, 6) is -0.263. The molecule has 0 radical (unpaired) electrons. The molecule has 0 amide bonds. The van der Waals surface area contributed by atoms with Crippen LogP contribution in [0.4, 0.5) is 5.13 Å². The zero-order chi connectivity index (χ0) is 16.8. The van der Waals surface area contributed by atoms with Gasteiger partial charge in [-0.15, -0.1) is 11.3 Å². The molecule has 0 saturated carbocycles. The normalized spacial score (nSPS) is 13.7. The van der Waals surface area contributed by atoms with Crippen molar-refractivity contribution in [1.29, 1.82) is 0 Å². The molecule has 2 aromatic rings. The molecule has 0 fully saturated rings. The van der Waals surface area contributed by atoms with Crippen molar-refractivity contribution < 1.29 is 9.53 Å². The fourth-order valence-electron chi connectivity index (χ4n) is 2.54. The Hall–Kier alpha value is -2.25. The Bertz CT molecular complexity index is 742. The summed E-state index contributed by atoms with van der Waals surface area (Å²) >= 11 is 1.42. The summed E-state index contributed by atoms with van der Waals surface area (Å²) in [4.78, 5) is 15.7. The number of ether oxygens (including phenoxy) is 1. The molecule has 0 unspecified atom stereocenters. The summed E-state index contributed by atoms with van der Waals surface area (Å²) in [6.07, 6.45) is 3.03. The van der Waals surface area contributed by atoms with Crippen molar-refractivity contribution in [2.75, 3.05) is 18.6 Å². The van der Waals surface area contributed by atoms with Gasteiger partial charge in [0.1, 0.15) is 0 Å². The Morgan fingerprint density at radius 2 is 2.42 bits per heavy atom. The number of hydrogen-bond acceptors (Lipinski definition) is 7. The van der Waals surface area contributed by atoms with Gasteiger partial charge in [0.25, 0.3) is 0 Å². The number of carbonyl (C=O) groups excluding carboxylic acids is 1. The molecule has 1 aromatic carbocycles. The van der Waals surface area contributed by atoms with Crippen molar-refractivity contribution >= 4 is 28.7 Å². The van der Waals surface area contributed by atoms with E-state index in [1.807, 2.05) is 5.38 Å². The number of nitrogens with one attached hydrogen (secondary N) is 2. The lowest BCUT2D eigenvalue weighted by Gasteiger charge is -2.16. The van der Waals surface area contributed by atoms with Crippen LogP contribution in [0.15, 0.2) is 28.7 Å². The van der Waals surface area contributed by atoms with Crippen molar-refractivity contribution in [2.24, 2.45) is 5.10 Å². The summed E-state index contributed by atoms with van der Waals surface area (Å²) in [6.45, 7) is 4.13. The van der Waals surface area contributed by atoms with Crippen LogP contribution in [0.5, 0.6) is 0 Å². The molecular weight excluding hydrogens is 324 g/mol. The number of esters is 1. The second-order valence-electron chi connectivity index (χ2n) is 5.45. The number of nitrogens with zero attached hydrogens (tertiary/aromatic N) is 2. The van der Waals surface area contributed by atoms with Crippen LogP contribution in [-0.4, -0.2) is 30.3 Å². The van der Waals surface area contributed by atoms with Crippen LogP contribution in [0.25, 0.3) is 0 Å². The third kappa shape index (κ3) is 4.39. The summed E-state index contributed by atoms with van der Waals surface area (Å²) in [5.41, 5.74) is 7.40. The van der Waals surface area contributed by atoms with Gasteiger partial charge in [-0.2, -0.15) is 5.10 Å². The van der Waals surface area contributed by atoms with Gasteiger partial charge in [0, 0.05) is 11.9 Å². The Labute approximate surface area is 145 Å². The molecule has 126 valence electrons. The van der Waals surface area contributed by atoms with Crippen LogP contribution in [0, 0.1) is 0 Å². The average molecular weight is 344 g/mol. The predicted molar refractivity (Wildman–Crippen MR) is 95.5 cm³/mol. The summed E-state index contributed by atoms with van der Waals surface area (Å²) in [7, 11) is 0. The van der Waals surface area contributed by atoms with E-state index in [0.29, 0.717) is 17.4 Å². The van der Waals surface area contributed by atoms with Crippen molar-refractivity contribution in [2.45, 2.75) is 26.3 Å². The molecule has 3 rings (SSSR count). The lowest BCUT2D eigenvalue weighted by atomic mass is 9.99. The van der Waals surface area contributed by atoms with Crippen LogP contribution in [-0.2, 0) is 28.9 Å². The van der Waals surface area contributed by atoms with Gasteiger partial charge in [-0.05, 0) is 42.6 Å². The number of rotatable bonds is 6. The highest BCUT2D eigenvalue weighted by Crippen LogP contribution is 2.17. The highest BCUT2D eigenvalue weighted by atomic mass is 32.1. The second-order valence-corrected chi connectivity index (χ2v) is 6.31. The van der Waals surface area contributed by atoms with E-state index in [1.165, 1.54) is 22.5 Å². The molecule has 6 nitrogen and oxygen atoms in total. The largest absolute Gasteiger partial charge is 0.466 e. The van der Waals surface area contributed by atoms with Crippen molar-refractivity contribution in [3.63, 3.8) is 0 Å². The molecule has 2 heterocycles. The maximum atomic E-state index is 11.4. The average Bonchev–Trinajstić information content (AvgIpc) is 3.02. The van der Waals surface area contributed by atoms with Gasteiger partial charge in [0.2, 0.25) is 5.13 Å². The number of thiazole rings is 1. The standard InChI is InChI=1S/C17H20N4O2S/c1-2-23-16(22)8-15-11-24-17(20-15)21-19-9-12-3-4-14-10-18-6-5-13(14)7-12/h3-4,7,9,11,18H,2,5-6,8,10H2,1H3,(H,20,21).